The summed E-state index contributed by atoms with van der Waals surface area (Å²) < 4.78 is 4.66. The van der Waals surface area contributed by atoms with E-state index in [1.54, 1.807) is 18.2 Å². The predicted molar refractivity (Wildman–Crippen MR) is 61.4 cm³/mol. The average Bonchev–Trinajstić information content (AvgIpc) is 2.26. The molecule has 0 heterocycles. The van der Waals surface area contributed by atoms with Gasteiger partial charge < -0.3 is 4.74 Å². The minimum Gasteiger partial charge on any atom is -0.389 e. The lowest BCUT2D eigenvalue weighted by atomic mass is 10.2. The molecular weight excluding hydrogens is 228 g/mol. The van der Waals surface area contributed by atoms with Crippen molar-refractivity contribution in [1.29, 1.82) is 0 Å². The molecule has 0 spiro atoms. The first-order valence-corrected chi connectivity index (χ1v) is 5.52. The van der Waals surface area contributed by atoms with Crippen LogP contribution in [0.1, 0.15) is 36.5 Å². The normalized spacial score (nSPS) is 9.88. The van der Waals surface area contributed by atoms with Gasteiger partial charge in [0.05, 0.1) is 5.56 Å². The highest BCUT2D eigenvalue weighted by atomic mass is 35.5. The van der Waals surface area contributed by atoms with Crippen molar-refractivity contribution in [3.05, 3.63) is 34.9 Å². The van der Waals surface area contributed by atoms with Gasteiger partial charge in [0.1, 0.15) is 0 Å². The molecule has 86 valence electrons. The standard InChI is InChI=1S/C12H13ClO3/c1-2-3-7-11(14)16-12(15)9-5-4-6-10(13)8-9/h4-6,8H,2-3,7H2,1H3. The Morgan fingerprint density at radius 2 is 2.12 bits per heavy atom. The van der Waals surface area contributed by atoms with Gasteiger partial charge in [-0.3, -0.25) is 4.79 Å². The molecular formula is C12H13ClO3. The fourth-order valence-corrected chi connectivity index (χ4v) is 1.34. The maximum Gasteiger partial charge on any atom is 0.345 e. The second-order valence-corrected chi connectivity index (χ2v) is 3.81. The van der Waals surface area contributed by atoms with E-state index in [1.807, 2.05) is 6.92 Å². The van der Waals surface area contributed by atoms with Crippen LogP contribution in [0.25, 0.3) is 0 Å². The highest BCUT2D eigenvalue weighted by Gasteiger charge is 2.12. The van der Waals surface area contributed by atoms with Crippen molar-refractivity contribution in [1.82, 2.24) is 0 Å². The molecule has 1 aromatic carbocycles. The Labute approximate surface area is 99.4 Å². The average molecular weight is 241 g/mol. The third-order valence-electron chi connectivity index (χ3n) is 2.00. The van der Waals surface area contributed by atoms with E-state index in [0.29, 0.717) is 5.02 Å². The lowest BCUT2D eigenvalue weighted by Crippen LogP contribution is -2.12. The molecule has 0 N–H and O–H groups in total. The van der Waals surface area contributed by atoms with Gasteiger partial charge >= 0.3 is 11.9 Å². The van der Waals surface area contributed by atoms with Crippen LogP contribution in [0.5, 0.6) is 0 Å². The van der Waals surface area contributed by atoms with Crippen molar-refractivity contribution in [3.63, 3.8) is 0 Å². The third-order valence-corrected chi connectivity index (χ3v) is 2.24. The molecule has 0 saturated heterocycles. The van der Waals surface area contributed by atoms with Crippen LogP contribution >= 0.6 is 11.6 Å². The zero-order chi connectivity index (χ0) is 12.0. The minimum atomic E-state index is -0.649. The van der Waals surface area contributed by atoms with Gasteiger partial charge in [0, 0.05) is 11.4 Å². The van der Waals surface area contributed by atoms with Crippen LogP contribution in [-0.2, 0) is 9.53 Å². The lowest BCUT2D eigenvalue weighted by molar-refractivity contribution is -0.138. The minimum absolute atomic E-state index is 0.267. The highest BCUT2D eigenvalue weighted by Crippen LogP contribution is 2.12. The quantitative estimate of drug-likeness (QED) is 0.600. The molecule has 0 aliphatic heterocycles. The van der Waals surface area contributed by atoms with E-state index < -0.39 is 11.9 Å². The zero-order valence-corrected chi connectivity index (χ0v) is 9.79. The molecule has 1 aromatic rings. The Hall–Kier alpha value is -1.35. The number of carbonyl (C=O) groups excluding carboxylic acids is 2. The van der Waals surface area contributed by atoms with Crippen molar-refractivity contribution in [2.45, 2.75) is 26.2 Å². The Kier molecular flexibility index (Phi) is 4.99. The van der Waals surface area contributed by atoms with Gasteiger partial charge in [-0.1, -0.05) is 31.0 Å². The van der Waals surface area contributed by atoms with E-state index in [-0.39, 0.29) is 12.0 Å². The van der Waals surface area contributed by atoms with Gasteiger partial charge in [0.15, 0.2) is 0 Å². The van der Waals surface area contributed by atoms with Crippen LogP contribution in [0.15, 0.2) is 24.3 Å². The number of hydrogen-bond acceptors (Lipinski definition) is 3. The van der Waals surface area contributed by atoms with Crippen molar-refractivity contribution in [3.8, 4) is 0 Å². The zero-order valence-electron chi connectivity index (χ0n) is 9.03. The van der Waals surface area contributed by atoms with Crippen LogP contribution in [0, 0.1) is 0 Å². The van der Waals surface area contributed by atoms with Gasteiger partial charge in [-0.05, 0) is 24.6 Å². The van der Waals surface area contributed by atoms with Gasteiger partial charge in [-0.15, -0.1) is 0 Å². The van der Waals surface area contributed by atoms with E-state index in [1.165, 1.54) is 6.07 Å². The van der Waals surface area contributed by atoms with E-state index >= 15 is 0 Å². The van der Waals surface area contributed by atoms with Crippen LogP contribution in [0.4, 0.5) is 0 Å². The SMILES string of the molecule is CCCCC(=O)OC(=O)c1cccc(Cl)c1. The maximum absolute atomic E-state index is 11.5. The molecule has 3 nitrogen and oxygen atoms in total. The number of hydrogen-bond donors (Lipinski definition) is 0. The van der Waals surface area contributed by atoms with E-state index in [9.17, 15) is 9.59 Å². The molecule has 4 heteroatoms. The molecule has 0 aliphatic carbocycles. The molecule has 0 atom stereocenters. The largest absolute Gasteiger partial charge is 0.389 e. The fraction of sp³-hybridized carbons (Fsp3) is 0.333. The Bertz CT molecular complexity index is 388. The van der Waals surface area contributed by atoms with Crippen molar-refractivity contribution in [2.24, 2.45) is 0 Å². The number of rotatable bonds is 4. The number of benzene rings is 1. The number of halogens is 1. The molecule has 0 fully saturated rings. The summed E-state index contributed by atoms with van der Waals surface area (Å²) in [5.41, 5.74) is 0.289. The van der Waals surface area contributed by atoms with Gasteiger partial charge in [0.2, 0.25) is 0 Å². The fourth-order valence-electron chi connectivity index (χ4n) is 1.15. The topological polar surface area (TPSA) is 43.4 Å². The third kappa shape index (κ3) is 4.03. The summed E-state index contributed by atoms with van der Waals surface area (Å²) in [5, 5.41) is 0.440. The summed E-state index contributed by atoms with van der Waals surface area (Å²) in [7, 11) is 0. The predicted octanol–water partition coefficient (Wildman–Crippen LogP) is 3.21. The molecule has 0 radical (unpaired) electrons. The van der Waals surface area contributed by atoms with Gasteiger partial charge in [0.25, 0.3) is 0 Å². The van der Waals surface area contributed by atoms with Gasteiger partial charge in [-0.2, -0.15) is 0 Å². The molecule has 0 amide bonds. The number of esters is 2. The summed E-state index contributed by atoms with van der Waals surface area (Å²) in [5.74, 6) is -1.14. The summed E-state index contributed by atoms with van der Waals surface area (Å²) in [4.78, 5) is 22.7. The number of ether oxygens (including phenoxy) is 1. The Balaban J connectivity index is 2.55. The first-order chi connectivity index (χ1) is 7.63. The van der Waals surface area contributed by atoms with Crippen LogP contribution < -0.4 is 0 Å². The first kappa shape index (κ1) is 12.7. The smallest absolute Gasteiger partial charge is 0.345 e. The summed E-state index contributed by atoms with van der Waals surface area (Å²) >= 11 is 5.72. The second-order valence-electron chi connectivity index (χ2n) is 3.38. The molecule has 16 heavy (non-hydrogen) atoms. The van der Waals surface area contributed by atoms with E-state index in [4.69, 9.17) is 11.6 Å². The lowest BCUT2D eigenvalue weighted by Gasteiger charge is -2.02. The maximum atomic E-state index is 11.5. The molecule has 0 unspecified atom stereocenters. The summed E-state index contributed by atoms with van der Waals surface area (Å²) in [6, 6.07) is 6.31. The van der Waals surface area contributed by atoms with E-state index in [0.717, 1.165) is 12.8 Å². The van der Waals surface area contributed by atoms with Crippen LogP contribution in [-0.4, -0.2) is 11.9 Å². The molecule has 1 rings (SSSR count). The molecule has 0 aromatic heterocycles. The van der Waals surface area contributed by atoms with Crippen molar-refractivity contribution < 1.29 is 14.3 Å². The van der Waals surface area contributed by atoms with Crippen molar-refractivity contribution in [2.75, 3.05) is 0 Å². The van der Waals surface area contributed by atoms with Crippen LogP contribution in [0.2, 0.25) is 5.02 Å². The first-order valence-electron chi connectivity index (χ1n) is 5.14. The van der Waals surface area contributed by atoms with Crippen molar-refractivity contribution >= 4 is 23.5 Å². The number of carbonyl (C=O) groups is 2. The monoisotopic (exact) mass is 240 g/mol. The second kappa shape index (κ2) is 6.28. The van der Waals surface area contributed by atoms with E-state index in [2.05, 4.69) is 4.74 Å². The molecule has 0 saturated carbocycles. The highest BCUT2D eigenvalue weighted by molar-refractivity contribution is 6.30. The summed E-state index contributed by atoms with van der Waals surface area (Å²) in [6.45, 7) is 1.96. The Morgan fingerprint density at radius 3 is 2.75 bits per heavy atom. The molecule has 0 bridgehead atoms. The molecule has 0 aliphatic rings. The number of unbranched alkanes of at least 4 members (excludes halogenated alkanes) is 1. The van der Waals surface area contributed by atoms with Crippen LogP contribution in [0.3, 0.4) is 0 Å². The van der Waals surface area contributed by atoms with Gasteiger partial charge in [-0.25, -0.2) is 4.79 Å². The summed E-state index contributed by atoms with van der Waals surface area (Å²) in [6.07, 6.45) is 1.88. The Morgan fingerprint density at radius 1 is 1.38 bits per heavy atom.